The molecule has 0 saturated carbocycles. The highest BCUT2D eigenvalue weighted by Gasteiger charge is 2.28. The predicted molar refractivity (Wildman–Crippen MR) is 51.0 cm³/mol. The maximum atomic E-state index is 11.4. The quantitative estimate of drug-likeness (QED) is 0.678. The molecule has 0 aliphatic carbocycles. The summed E-state index contributed by atoms with van der Waals surface area (Å²) < 4.78 is 27.8. The molecule has 1 rings (SSSR count). The maximum Gasteiger partial charge on any atom is 0.268 e. The molecule has 1 aliphatic heterocycles. The number of nitrogens with one attached hydrogen (secondary N) is 1. The average molecular weight is 207 g/mol. The highest BCUT2D eigenvalue weighted by atomic mass is 32.2. The van der Waals surface area contributed by atoms with Crippen molar-refractivity contribution in [1.82, 2.24) is 5.32 Å². The standard InChI is InChI=1S/C8H17NO3S/c1-8(2,3)6-13(10,11)12-7-4-9-5-7/h7,9H,4-6H2,1-3H3. The first kappa shape index (κ1) is 10.9. The smallest absolute Gasteiger partial charge is 0.268 e. The van der Waals surface area contributed by atoms with Gasteiger partial charge in [0.15, 0.2) is 0 Å². The Bertz CT molecular complexity index is 262. The topological polar surface area (TPSA) is 55.4 Å². The molecule has 1 heterocycles. The van der Waals surface area contributed by atoms with Gasteiger partial charge in [0.25, 0.3) is 10.1 Å². The third kappa shape index (κ3) is 4.06. The molecule has 0 spiro atoms. The molecule has 0 aromatic heterocycles. The molecular weight excluding hydrogens is 190 g/mol. The van der Waals surface area contributed by atoms with Crippen molar-refractivity contribution in [3.8, 4) is 0 Å². The lowest BCUT2D eigenvalue weighted by atomic mass is 10.0. The van der Waals surface area contributed by atoms with Gasteiger partial charge in [-0.15, -0.1) is 0 Å². The molecule has 0 unspecified atom stereocenters. The summed E-state index contributed by atoms with van der Waals surface area (Å²) in [7, 11) is -3.34. The first-order valence-corrected chi connectivity index (χ1v) is 5.98. The van der Waals surface area contributed by atoms with Crippen LogP contribution in [0.3, 0.4) is 0 Å². The van der Waals surface area contributed by atoms with Crippen LogP contribution >= 0.6 is 0 Å². The molecule has 1 N–H and O–H groups in total. The van der Waals surface area contributed by atoms with Crippen molar-refractivity contribution < 1.29 is 12.6 Å². The molecule has 1 saturated heterocycles. The van der Waals surface area contributed by atoms with Gasteiger partial charge in [-0.25, -0.2) is 0 Å². The van der Waals surface area contributed by atoms with Crippen LogP contribution in [0.2, 0.25) is 0 Å². The molecule has 13 heavy (non-hydrogen) atoms. The first-order chi connectivity index (χ1) is 5.79. The van der Waals surface area contributed by atoms with Gasteiger partial charge < -0.3 is 5.32 Å². The van der Waals surface area contributed by atoms with E-state index in [0.717, 1.165) is 0 Å². The van der Waals surface area contributed by atoms with Gasteiger partial charge in [0, 0.05) is 13.1 Å². The molecule has 0 aromatic rings. The van der Waals surface area contributed by atoms with E-state index < -0.39 is 10.1 Å². The summed E-state index contributed by atoms with van der Waals surface area (Å²) in [6, 6.07) is 0. The van der Waals surface area contributed by atoms with Gasteiger partial charge >= 0.3 is 0 Å². The number of rotatable bonds is 3. The van der Waals surface area contributed by atoms with Crippen molar-refractivity contribution in [3.63, 3.8) is 0 Å². The fourth-order valence-corrected chi connectivity index (χ4v) is 2.78. The maximum absolute atomic E-state index is 11.4. The monoisotopic (exact) mass is 207 g/mol. The van der Waals surface area contributed by atoms with Crippen molar-refractivity contribution >= 4 is 10.1 Å². The summed E-state index contributed by atoms with van der Waals surface area (Å²) >= 11 is 0. The second kappa shape index (κ2) is 3.55. The minimum absolute atomic E-state index is 0.0799. The Morgan fingerprint density at radius 2 is 1.92 bits per heavy atom. The first-order valence-electron chi connectivity index (χ1n) is 4.40. The van der Waals surface area contributed by atoms with Crippen LogP contribution < -0.4 is 5.32 Å². The SMILES string of the molecule is CC(C)(C)CS(=O)(=O)OC1CNC1. The summed E-state index contributed by atoms with van der Waals surface area (Å²) in [6.45, 7) is 6.93. The van der Waals surface area contributed by atoms with Gasteiger partial charge in [0.1, 0.15) is 6.10 Å². The Balaban J connectivity index is 2.46. The minimum atomic E-state index is -3.34. The van der Waals surface area contributed by atoms with E-state index in [1.807, 2.05) is 20.8 Å². The predicted octanol–water partition coefficient (Wildman–Crippen LogP) is 0.351. The van der Waals surface area contributed by atoms with Crippen LogP contribution in [-0.2, 0) is 14.3 Å². The molecular formula is C8H17NO3S. The van der Waals surface area contributed by atoms with Gasteiger partial charge in [0.05, 0.1) is 5.75 Å². The fourth-order valence-electron chi connectivity index (χ4n) is 1.10. The van der Waals surface area contributed by atoms with Crippen LogP contribution in [0.25, 0.3) is 0 Å². The lowest BCUT2D eigenvalue weighted by Gasteiger charge is -2.28. The molecule has 4 nitrogen and oxygen atoms in total. The highest BCUT2D eigenvalue weighted by Crippen LogP contribution is 2.18. The van der Waals surface area contributed by atoms with Crippen LogP contribution in [0.15, 0.2) is 0 Å². The third-order valence-electron chi connectivity index (χ3n) is 1.64. The largest absolute Gasteiger partial charge is 0.311 e. The Morgan fingerprint density at radius 1 is 1.38 bits per heavy atom. The van der Waals surface area contributed by atoms with Gasteiger partial charge in [-0.3, -0.25) is 4.18 Å². The summed E-state index contributed by atoms with van der Waals surface area (Å²) in [6.07, 6.45) is -0.146. The van der Waals surface area contributed by atoms with E-state index in [-0.39, 0.29) is 17.3 Å². The van der Waals surface area contributed by atoms with Gasteiger partial charge in [-0.1, -0.05) is 20.8 Å². The molecule has 0 bridgehead atoms. The van der Waals surface area contributed by atoms with E-state index in [4.69, 9.17) is 4.18 Å². The minimum Gasteiger partial charge on any atom is -0.311 e. The van der Waals surface area contributed by atoms with Crippen LogP contribution in [0.1, 0.15) is 20.8 Å². The van der Waals surface area contributed by atoms with Gasteiger partial charge in [0.2, 0.25) is 0 Å². The molecule has 0 radical (unpaired) electrons. The fraction of sp³-hybridized carbons (Fsp3) is 1.00. The van der Waals surface area contributed by atoms with E-state index in [1.165, 1.54) is 0 Å². The molecule has 5 heteroatoms. The van der Waals surface area contributed by atoms with Crippen molar-refractivity contribution in [2.75, 3.05) is 18.8 Å². The molecule has 1 aliphatic rings. The zero-order valence-corrected chi connectivity index (χ0v) is 9.15. The number of hydrogen-bond acceptors (Lipinski definition) is 4. The number of hydrogen-bond donors (Lipinski definition) is 1. The lowest BCUT2D eigenvalue weighted by Crippen LogP contribution is -2.49. The van der Waals surface area contributed by atoms with Crippen LogP contribution in [0.4, 0.5) is 0 Å². The second-order valence-electron chi connectivity index (χ2n) is 4.64. The highest BCUT2D eigenvalue weighted by molar-refractivity contribution is 7.86. The second-order valence-corrected chi connectivity index (χ2v) is 6.24. The van der Waals surface area contributed by atoms with Crippen LogP contribution in [0, 0.1) is 5.41 Å². The van der Waals surface area contributed by atoms with E-state index >= 15 is 0 Å². The van der Waals surface area contributed by atoms with Crippen molar-refractivity contribution in [3.05, 3.63) is 0 Å². The summed E-state index contributed by atoms with van der Waals surface area (Å²) in [4.78, 5) is 0. The van der Waals surface area contributed by atoms with E-state index in [0.29, 0.717) is 13.1 Å². The van der Waals surface area contributed by atoms with Gasteiger partial charge in [-0.05, 0) is 5.41 Å². The van der Waals surface area contributed by atoms with Crippen LogP contribution in [0.5, 0.6) is 0 Å². The summed E-state index contributed by atoms with van der Waals surface area (Å²) in [5.41, 5.74) is -0.240. The zero-order valence-electron chi connectivity index (χ0n) is 8.33. The summed E-state index contributed by atoms with van der Waals surface area (Å²) in [5.74, 6) is 0.0799. The Labute approximate surface area is 79.8 Å². The Kier molecular flexibility index (Phi) is 2.99. The molecule has 0 amide bonds. The van der Waals surface area contributed by atoms with E-state index in [9.17, 15) is 8.42 Å². The molecule has 78 valence electrons. The van der Waals surface area contributed by atoms with Crippen molar-refractivity contribution in [1.29, 1.82) is 0 Å². The zero-order chi connectivity index (χ0) is 10.1. The Hall–Kier alpha value is -0.130. The van der Waals surface area contributed by atoms with Crippen LogP contribution in [-0.4, -0.2) is 33.4 Å². The normalized spacial score (nSPS) is 19.9. The summed E-state index contributed by atoms with van der Waals surface area (Å²) in [5, 5.41) is 2.96. The van der Waals surface area contributed by atoms with Crippen molar-refractivity contribution in [2.24, 2.45) is 5.41 Å². The molecule has 0 aromatic carbocycles. The lowest BCUT2D eigenvalue weighted by molar-refractivity contribution is 0.147. The van der Waals surface area contributed by atoms with Gasteiger partial charge in [-0.2, -0.15) is 8.42 Å². The third-order valence-corrected chi connectivity index (χ3v) is 3.42. The van der Waals surface area contributed by atoms with E-state index in [1.54, 1.807) is 0 Å². The Morgan fingerprint density at radius 3 is 2.23 bits per heavy atom. The molecule has 1 fully saturated rings. The van der Waals surface area contributed by atoms with E-state index in [2.05, 4.69) is 5.32 Å². The molecule has 0 atom stereocenters. The average Bonchev–Trinajstić information content (AvgIpc) is 1.73. The van der Waals surface area contributed by atoms with Crippen molar-refractivity contribution in [2.45, 2.75) is 26.9 Å².